The van der Waals surface area contributed by atoms with Crippen molar-refractivity contribution in [3.8, 4) is 0 Å². The Morgan fingerprint density at radius 1 is 1.25 bits per heavy atom. The van der Waals surface area contributed by atoms with Gasteiger partial charge < -0.3 is 14.8 Å². The highest BCUT2D eigenvalue weighted by Gasteiger charge is 2.31. The lowest BCUT2D eigenvalue weighted by molar-refractivity contribution is -0.119. The predicted octanol–water partition coefficient (Wildman–Crippen LogP) is 3.37. The van der Waals surface area contributed by atoms with E-state index in [0.717, 1.165) is 21.7 Å². The summed E-state index contributed by atoms with van der Waals surface area (Å²) in [5.74, 6) is -0.0234. The highest BCUT2D eigenvalue weighted by molar-refractivity contribution is 7.99. The fraction of sp³-hybridized carbons (Fsp3) is 0.250. The van der Waals surface area contributed by atoms with Crippen LogP contribution in [0.4, 0.5) is 5.69 Å². The number of nitrogens with one attached hydrogen (secondary N) is 1. The average molecular weight is 448 g/mol. The van der Waals surface area contributed by atoms with Gasteiger partial charge in [-0.15, -0.1) is 11.8 Å². The molecule has 164 valence electrons. The van der Waals surface area contributed by atoms with E-state index in [4.69, 9.17) is 0 Å². The Balaban J connectivity index is 0.00000245. The zero-order valence-electron chi connectivity index (χ0n) is 17.0. The first-order valence-electron chi connectivity index (χ1n) is 10.0. The molecule has 2 aliphatic rings. The summed E-state index contributed by atoms with van der Waals surface area (Å²) in [5.41, 5.74) is 4.49. The quantitative estimate of drug-likeness (QED) is 0.665. The molecule has 2 amide bonds. The molecule has 1 aromatic heterocycles. The first-order valence-corrected chi connectivity index (χ1v) is 11.0. The van der Waals surface area contributed by atoms with Crippen LogP contribution in [0.1, 0.15) is 34.6 Å². The Bertz CT molecular complexity index is 1190. The van der Waals surface area contributed by atoms with Crippen molar-refractivity contribution in [2.75, 3.05) is 17.7 Å². The van der Waals surface area contributed by atoms with Crippen LogP contribution < -0.4 is 10.2 Å². The molecule has 5 rings (SSSR count). The normalized spacial score (nSPS) is 16.7. The Kier molecular flexibility index (Phi) is 6.14. The number of aliphatic imine (C=N–C) groups is 1. The van der Waals surface area contributed by atoms with Crippen LogP contribution in [0.25, 0.3) is 0 Å². The zero-order valence-corrected chi connectivity index (χ0v) is 17.8. The number of hydrogen-bond donors (Lipinski definition) is 1. The molecule has 0 unspecified atom stereocenters. The SMILES string of the molecule is C.CN1C(=O)[C@@H](NC(=O)c2cn(Cc3ccccc3)cn2)CSc2cc3c(cc21)C=NC3. The first-order chi connectivity index (χ1) is 15.1. The van der Waals surface area contributed by atoms with Gasteiger partial charge in [-0.2, -0.15) is 0 Å². The molecule has 2 aliphatic heterocycles. The fourth-order valence-electron chi connectivity index (χ4n) is 3.79. The molecule has 0 radical (unpaired) electrons. The van der Waals surface area contributed by atoms with Crippen molar-refractivity contribution < 1.29 is 9.59 Å². The maximum absolute atomic E-state index is 13.1. The number of carbonyl (C=O) groups is 2. The lowest BCUT2D eigenvalue weighted by Gasteiger charge is -2.21. The minimum Gasteiger partial charge on any atom is -0.338 e. The molecule has 2 aromatic carbocycles. The second-order valence-corrected chi connectivity index (χ2v) is 8.70. The second-order valence-electron chi connectivity index (χ2n) is 7.64. The lowest BCUT2D eigenvalue weighted by atomic mass is 10.1. The Morgan fingerprint density at radius 2 is 2.06 bits per heavy atom. The molecule has 0 saturated carbocycles. The van der Waals surface area contributed by atoms with E-state index >= 15 is 0 Å². The van der Waals surface area contributed by atoms with Gasteiger partial charge in [0.1, 0.15) is 11.7 Å². The molecule has 3 aromatic rings. The largest absolute Gasteiger partial charge is 0.338 e. The third-order valence-electron chi connectivity index (χ3n) is 5.49. The smallest absolute Gasteiger partial charge is 0.272 e. The monoisotopic (exact) mass is 447 g/mol. The third kappa shape index (κ3) is 4.18. The van der Waals surface area contributed by atoms with E-state index in [1.54, 1.807) is 36.2 Å². The van der Waals surface area contributed by atoms with Crippen molar-refractivity contribution in [2.45, 2.75) is 31.5 Å². The molecule has 0 spiro atoms. The highest BCUT2D eigenvalue weighted by Crippen LogP contribution is 2.37. The number of aromatic nitrogens is 2. The first kappa shape index (κ1) is 21.8. The number of nitrogens with zero attached hydrogens (tertiary/aromatic N) is 4. The number of hydrogen-bond acceptors (Lipinski definition) is 5. The van der Waals surface area contributed by atoms with Gasteiger partial charge in [-0.05, 0) is 28.8 Å². The van der Waals surface area contributed by atoms with Crippen molar-refractivity contribution in [1.29, 1.82) is 0 Å². The molecule has 32 heavy (non-hydrogen) atoms. The summed E-state index contributed by atoms with van der Waals surface area (Å²) < 4.78 is 1.86. The summed E-state index contributed by atoms with van der Waals surface area (Å²) in [5, 5.41) is 2.87. The van der Waals surface area contributed by atoms with Crippen LogP contribution in [0.5, 0.6) is 0 Å². The molecule has 3 heterocycles. The van der Waals surface area contributed by atoms with E-state index in [0.29, 0.717) is 24.5 Å². The summed E-state index contributed by atoms with van der Waals surface area (Å²) in [4.78, 5) is 37.0. The maximum atomic E-state index is 13.1. The Morgan fingerprint density at radius 3 is 2.88 bits per heavy atom. The van der Waals surface area contributed by atoms with E-state index in [-0.39, 0.29) is 19.2 Å². The predicted molar refractivity (Wildman–Crippen MR) is 128 cm³/mol. The van der Waals surface area contributed by atoms with Crippen molar-refractivity contribution in [3.05, 3.63) is 77.4 Å². The topological polar surface area (TPSA) is 79.6 Å². The van der Waals surface area contributed by atoms with E-state index in [1.807, 2.05) is 47.2 Å². The minimum absolute atomic E-state index is 0. The summed E-state index contributed by atoms with van der Waals surface area (Å²) in [6.45, 7) is 1.30. The average Bonchev–Trinajstić information content (AvgIpc) is 3.42. The number of fused-ring (bicyclic) bond motifs is 2. The molecule has 8 heteroatoms. The molecule has 0 fully saturated rings. The van der Waals surface area contributed by atoms with E-state index < -0.39 is 6.04 Å². The van der Waals surface area contributed by atoms with Gasteiger partial charge in [-0.3, -0.25) is 14.6 Å². The van der Waals surface area contributed by atoms with E-state index in [9.17, 15) is 9.59 Å². The van der Waals surface area contributed by atoms with E-state index in [2.05, 4.69) is 21.4 Å². The second kappa shape index (κ2) is 9.00. The number of anilines is 1. The van der Waals surface area contributed by atoms with Crippen LogP contribution in [0, 0.1) is 0 Å². The lowest BCUT2D eigenvalue weighted by Crippen LogP contribution is -2.48. The third-order valence-corrected chi connectivity index (χ3v) is 6.63. The maximum Gasteiger partial charge on any atom is 0.272 e. The molecular weight excluding hydrogens is 422 g/mol. The molecule has 1 N–H and O–H groups in total. The Labute approximate surface area is 191 Å². The molecule has 1 atom stereocenters. The van der Waals surface area contributed by atoms with Crippen molar-refractivity contribution >= 4 is 35.5 Å². The standard InChI is InChI=1S/C23H21N5O2S.CH4/c1-27-20-7-16-9-24-10-17(16)8-21(20)31-13-19(23(27)30)26-22(29)18-12-28(14-25-18)11-15-5-3-2-4-6-15;/h2-9,12,14,19H,10-11,13H2,1H3,(H,26,29);1H4/t19-;/m0./s1. The summed E-state index contributed by atoms with van der Waals surface area (Å²) in [6.07, 6.45) is 5.18. The van der Waals surface area contributed by atoms with Crippen LogP contribution in [0.2, 0.25) is 0 Å². The molecule has 0 bridgehead atoms. The molecule has 0 aliphatic carbocycles. The van der Waals surface area contributed by atoms with Gasteiger partial charge in [-0.1, -0.05) is 37.8 Å². The van der Waals surface area contributed by atoms with Gasteiger partial charge in [0.15, 0.2) is 0 Å². The van der Waals surface area contributed by atoms with Gasteiger partial charge in [0.25, 0.3) is 5.91 Å². The number of thioether (sulfide) groups is 1. The van der Waals surface area contributed by atoms with Gasteiger partial charge in [0, 0.05) is 36.7 Å². The number of imidazole rings is 1. The number of likely N-dealkylation sites (N-methyl/N-ethyl adjacent to an activating group) is 1. The fourth-order valence-corrected chi connectivity index (χ4v) is 4.94. The Hall–Kier alpha value is -3.39. The van der Waals surface area contributed by atoms with Crippen LogP contribution in [-0.4, -0.2) is 46.4 Å². The highest BCUT2D eigenvalue weighted by atomic mass is 32.2. The van der Waals surface area contributed by atoms with Gasteiger partial charge >= 0.3 is 0 Å². The number of carbonyl (C=O) groups excluding carboxylic acids is 2. The molecule has 0 saturated heterocycles. The van der Waals surface area contributed by atoms with Crippen molar-refractivity contribution in [2.24, 2.45) is 4.99 Å². The van der Waals surface area contributed by atoms with Gasteiger partial charge in [-0.25, -0.2) is 4.98 Å². The van der Waals surface area contributed by atoms with Crippen LogP contribution >= 0.6 is 11.8 Å². The summed E-state index contributed by atoms with van der Waals surface area (Å²) in [7, 11) is 1.75. The zero-order chi connectivity index (χ0) is 21.4. The molecular formula is C24H25N5O2S. The van der Waals surface area contributed by atoms with Crippen molar-refractivity contribution in [3.63, 3.8) is 0 Å². The van der Waals surface area contributed by atoms with Crippen LogP contribution in [0.3, 0.4) is 0 Å². The summed E-state index contributed by atoms with van der Waals surface area (Å²) in [6, 6.07) is 13.4. The van der Waals surface area contributed by atoms with Crippen molar-refractivity contribution in [1.82, 2.24) is 14.9 Å². The van der Waals surface area contributed by atoms with E-state index in [1.165, 1.54) is 5.56 Å². The summed E-state index contributed by atoms with van der Waals surface area (Å²) >= 11 is 1.58. The van der Waals surface area contributed by atoms with Crippen LogP contribution in [-0.2, 0) is 17.9 Å². The van der Waals surface area contributed by atoms with Gasteiger partial charge in [0.05, 0.1) is 18.6 Å². The molecule has 7 nitrogen and oxygen atoms in total. The van der Waals surface area contributed by atoms with Crippen LogP contribution in [0.15, 0.2) is 64.9 Å². The number of rotatable bonds is 4. The minimum atomic E-state index is -0.627. The number of amides is 2. The van der Waals surface area contributed by atoms with Gasteiger partial charge in [0.2, 0.25) is 5.91 Å². The number of benzene rings is 2.